The summed E-state index contributed by atoms with van der Waals surface area (Å²) in [5.74, 6) is -0.554. The second kappa shape index (κ2) is 6.41. The molecule has 1 N–H and O–H groups in total. The summed E-state index contributed by atoms with van der Waals surface area (Å²) in [6.45, 7) is 3.77. The highest BCUT2D eigenvalue weighted by Gasteiger charge is 2.16. The van der Waals surface area contributed by atoms with E-state index in [1.165, 1.54) is 0 Å². The molecule has 2 aromatic heterocycles. The highest BCUT2D eigenvalue weighted by atomic mass is 35.5. The van der Waals surface area contributed by atoms with Gasteiger partial charge in [0, 0.05) is 11.2 Å². The van der Waals surface area contributed by atoms with Crippen LogP contribution in [0.2, 0.25) is 5.02 Å². The van der Waals surface area contributed by atoms with Crippen molar-refractivity contribution in [2.45, 2.75) is 20.3 Å². The third-order valence-corrected chi connectivity index (χ3v) is 4.11. The third kappa shape index (κ3) is 3.00. The minimum atomic E-state index is -0.966. The molecule has 0 fully saturated rings. The molecule has 0 aliphatic rings. The van der Waals surface area contributed by atoms with E-state index in [2.05, 4.69) is 15.2 Å². The number of hydrogen-bond donors (Lipinski definition) is 1. The Morgan fingerprint density at radius 1 is 1.25 bits per heavy atom. The van der Waals surface area contributed by atoms with Crippen LogP contribution in [0.25, 0.3) is 5.65 Å². The molecule has 6 nitrogen and oxygen atoms in total. The fraction of sp³-hybridized carbons (Fsp3) is 0.176. The Morgan fingerprint density at radius 2 is 2.04 bits per heavy atom. The van der Waals surface area contributed by atoms with Gasteiger partial charge in [0.1, 0.15) is 5.65 Å². The van der Waals surface area contributed by atoms with E-state index in [9.17, 15) is 4.79 Å². The van der Waals surface area contributed by atoms with Crippen LogP contribution in [-0.4, -0.2) is 20.5 Å². The van der Waals surface area contributed by atoms with Crippen LogP contribution in [0.4, 0.5) is 11.5 Å². The molecule has 2 heterocycles. The van der Waals surface area contributed by atoms with E-state index >= 15 is 0 Å². The molecule has 0 atom stereocenters. The van der Waals surface area contributed by atoms with Gasteiger partial charge in [-0.1, -0.05) is 23.7 Å². The minimum absolute atomic E-state index is 0.218. The number of halogens is 1. The molecule has 3 aromatic rings. The molecule has 7 heteroatoms. The highest BCUT2D eigenvalue weighted by Crippen LogP contribution is 2.29. The molecule has 0 radical (unpaired) electrons. The van der Waals surface area contributed by atoms with E-state index in [4.69, 9.17) is 16.7 Å². The molecule has 3 rings (SSSR count). The first kappa shape index (κ1) is 16.1. The van der Waals surface area contributed by atoms with Crippen molar-refractivity contribution in [3.63, 3.8) is 0 Å². The molecule has 0 unspecified atom stereocenters. The maximum atomic E-state index is 11.1. The molecular weight excluding hydrogens is 328 g/mol. The topological polar surface area (TPSA) is 79.3 Å². The number of carboxylic acids is 1. The zero-order valence-electron chi connectivity index (χ0n) is 13.2. The number of carbonyl (C=O) groups is 1. The summed E-state index contributed by atoms with van der Waals surface area (Å²) in [6, 6.07) is 9.15. The molecule has 0 amide bonds. The number of azo groups is 1. The van der Waals surface area contributed by atoms with Crippen LogP contribution in [0.1, 0.15) is 16.8 Å². The number of fused-ring (bicyclic) bond motifs is 1. The van der Waals surface area contributed by atoms with E-state index in [1.807, 2.05) is 26.0 Å². The van der Waals surface area contributed by atoms with Gasteiger partial charge in [0.2, 0.25) is 0 Å². The van der Waals surface area contributed by atoms with E-state index < -0.39 is 5.97 Å². The van der Waals surface area contributed by atoms with Crippen molar-refractivity contribution in [2.24, 2.45) is 10.2 Å². The molecule has 0 aliphatic heterocycles. The summed E-state index contributed by atoms with van der Waals surface area (Å²) < 4.78 is 1.75. The maximum absolute atomic E-state index is 11.1. The van der Waals surface area contributed by atoms with Gasteiger partial charge in [-0.25, -0.2) is 4.98 Å². The summed E-state index contributed by atoms with van der Waals surface area (Å²) in [6.07, 6.45) is 1.57. The van der Waals surface area contributed by atoms with Crippen LogP contribution in [0.15, 0.2) is 46.8 Å². The predicted octanol–water partition coefficient (Wildman–Crippen LogP) is 4.65. The Morgan fingerprint density at radius 3 is 2.79 bits per heavy atom. The number of rotatable bonds is 4. The Bertz CT molecular complexity index is 963. The van der Waals surface area contributed by atoms with Crippen molar-refractivity contribution in [1.82, 2.24) is 9.38 Å². The van der Waals surface area contributed by atoms with Gasteiger partial charge < -0.3 is 5.11 Å². The van der Waals surface area contributed by atoms with Crippen LogP contribution in [0, 0.1) is 13.8 Å². The Hall–Kier alpha value is -2.73. The van der Waals surface area contributed by atoms with Crippen LogP contribution in [0.5, 0.6) is 0 Å². The second-order valence-electron chi connectivity index (χ2n) is 5.42. The van der Waals surface area contributed by atoms with Crippen molar-refractivity contribution >= 4 is 34.7 Å². The largest absolute Gasteiger partial charge is 0.481 e. The lowest BCUT2D eigenvalue weighted by Crippen LogP contribution is -2.00. The van der Waals surface area contributed by atoms with Gasteiger partial charge in [-0.2, -0.15) is 0 Å². The monoisotopic (exact) mass is 342 g/mol. The van der Waals surface area contributed by atoms with Gasteiger partial charge in [-0.3, -0.25) is 9.20 Å². The highest BCUT2D eigenvalue weighted by molar-refractivity contribution is 6.31. The first-order chi connectivity index (χ1) is 11.5. The Balaban J connectivity index is 2.13. The van der Waals surface area contributed by atoms with E-state index in [0.717, 1.165) is 11.1 Å². The normalized spacial score (nSPS) is 11.5. The molecule has 0 bridgehead atoms. The molecule has 0 spiro atoms. The summed E-state index contributed by atoms with van der Waals surface area (Å²) in [5.41, 5.74) is 3.43. The number of hydrogen-bond acceptors (Lipinski definition) is 4. The summed E-state index contributed by atoms with van der Waals surface area (Å²) in [5, 5.41) is 18.2. The van der Waals surface area contributed by atoms with Gasteiger partial charge in [0.15, 0.2) is 5.82 Å². The summed E-state index contributed by atoms with van der Waals surface area (Å²) >= 11 is 6.09. The van der Waals surface area contributed by atoms with E-state index in [1.54, 1.807) is 28.8 Å². The fourth-order valence-corrected chi connectivity index (χ4v) is 2.58. The standard InChI is InChI=1S/C17H15ClN4O2/c1-10-5-4-8-22-16(10)19-14(9-15(23)24)17(22)21-20-13-7-3-6-12(18)11(13)2/h3-8H,9H2,1-2H3,(H,23,24). The quantitative estimate of drug-likeness (QED) is 0.701. The summed E-state index contributed by atoms with van der Waals surface area (Å²) in [4.78, 5) is 15.5. The van der Waals surface area contributed by atoms with Crippen LogP contribution < -0.4 is 0 Å². The first-order valence-electron chi connectivity index (χ1n) is 7.32. The lowest BCUT2D eigenvalue weighted by molar-refractivity contribution is -0.136. The van der Waals surface area contributed by atoms with Gasteiger partial charge in [0.05, 0.1) is 17.8 Å². The zero-order chi connectivity index (χ0) is 17.3. The fourth-order valence-electron chi connectivity index (χ4n) is 2.41. The number of aryl methyl sites for hydroxylation is 1. The average molecular weight is 343 g/mol. The smallest absolute Gasteiger partial charge is 0.309 e. The summed E-state index contributed by atoms with van der Waals surface area (Å²) in [7, 11) is 0. The minimum Gasteiger partial charge on any atom is -0.481 e. The van der Waals surface area contributed by atoms with Crippen molar-refractivity contribution in [1.29, 1.82) is 0 Å². The van der Waals surface area contributed by atoms with Crippen molar-refractivity contribution in [3.8, 4) is 0 Å². The van der Waals surface area contributed by atoms with Crippen molar-refractivity contribution in [3.05, 3.63) is 58.4 Å². The number of nitrogens with zero attached hydrogens (tertiary/aromatic N) is 4. The Kier molecular flexibility index (Phi) is 4.31. The number of benzene rings is 1. The number of pyridine rings is 1. The maximum Gasteiger partial charge on any atom is 0.309 e. The van der Waals surface area contributed by atoms with Gasteiger partial charge in [0.25, 0.3) is 0 Å². The molecule has 0 aliphatic carbocycles. The predicted molar refractivity (Wildman–Crippen MR) is 91.6 cm³/mol. The number of carboxylic acid groups (broad SMARTS) is 1. The molecule has 0 saturated heterocycles. The van der Waals surface area contributed by atoms with Crippen molar-refractivity contribution in [2.75, 3.05) is 0 Å². The van der Waals surface area contributed by atoms with Gasteiger partial charge >= 0.3 is 5.97 Å². The number of imidazole rings is 1. The van der Waals surface area contributed by atoms with Gasteiger partial charge in [-0.15, -0.1) is 10.2 Å². The number of aromatic nitrogens is 2. The van der Waals surface area contributed by atoms with Crippen molar-refractivity contribution < 1.29 is 9.90 Å². The molecular formula is C17H15ClN4O2. The molecule has 24 heavy (non-hydrogen) atoms. The van der Waals surface area contributed by atoms with Crippen LogP contribution >= 0.6 is 11.6 Å². The van der Waals surface area contributed by atoms with Crippen LogP contribution in [0.3, 0.4) is 0 Å². The number of aliphatic carboxylic acids is 1. The first-order valence-corrected chi connectivity index (χ1v) is 7.70. The third-order valence-electron chi connectivity index (χ3n) is 3.70. The molecule has 122 valence electrons. The van der Waals surface area contributed by atoms with Crippen LogP contribution in [-0.2, 0) is 11.2 Å². The Labute approximate surface area is 143 Å². The second-order valence-corrected chi connectivity index (χ2v) is 5.83. The lowest BCUT2D eigenvalue weighted by atomic mass is 10.2. The van der Waals surface area contributed by atoms with Gasteiger partial charge in [-0.05, 0) is 43.2 Å². The average Bonchev–Trinajstić information content (AvgIpc) is 2.87. The van der Waals surface area contributed by atoms with E-state index in [-0.39, 0.29) is 6.42 Å². The lowest BCUT2D eigenvalue weighted by Gasteiger charge is -2.01. The SMILES string of the molecule is Cc1c(Cl)cccc1N=Nc1c(CC(=O)O)nc2c(C)cccn12. The zero-order valence-corrected chi connectivity index (χ0v) is 13.9. The molecule has 1 aromatic carbocycles. The molecule has 0 saturated carbocycles. The van der Waals surface area contributed by atoms with E-state index in [0.29, 0.717) is 27.9 Å².